The molecule has 0 radical (unpaired) electrons. The highest BCUT2D eigenvalue weighted by atomic mass is 16.3. The van der Waals surface area contributed by atoms with Crippen molar-refractivity contribution in [1.82, 2.24) is 9.97 Å². The van der Waals surface area contributed by atoms with Gasteiger partial charge in [-0.05, 0) is 12.1 Å². The fraction of sp³-hybridized carbons (Fsp3) is 0. The van der Waals surface area contributed by atoms with E-state index in [1.54, 1.807) is 24.5 Å². The van der Waals surface area contributed by atoms with Crippen LogP contribution in [0.1, 0.15) is 0 Å². The van der Waals surface area contributed by atoms with Crippen molar-refractivity contribution in [3.63, 3.8) is 0 Å². The summed E-state index contributed by atoms with van der Waals surface area (Å²) in [7, 11) is 0. The van der Waals surface area contributed by atoms with Crippen LogP contribution < -0.4 is 0 Å². The molecule has 2 heterocycles. The summed E-state index contributed by atoms with van der Waals surface area (Å²) in [6.45, 7) is 0. The Morgan fingerprint density at radius 1 is 0.714 bits per heavy atom. The number of aromatic hydroxyl groups is 2. The number of pyridine rings is 2. The summed E-state index contributed by atoms with van der Waals surface area (Å²) in [5.41, 5.74) is 1.69. The van der Waals surface area contributed by atoms with Gasteiger partial charge in [0.2, 0.25) is 11.8 Å². The van der Waals surface area contributed by atoms with Crippen molar-refractivity contribution < 1.29 is 10.2 Å². The highest BCUT2D eigenvalue weighted by Gasteiger charge is 1.98. The first kappa shape index (κ1) is 8.50. The lowest BCUT2D eigenvalue weighted by molar-refractivity contribution is 0.452. The molecule has 0 aliphatic heterocycles. The van der Waals surface area contributed by atoms with Crippen LogP contribution in [0.5, 0.6) is 11.8 Å². The van der Waals surface area contributed by atoms with E-state index in [0.29, 0.717) is 0 Å². The Bertz CT molecular complexity index is 379. The molecule has 0 bridgehead atoms. The number of nitrogens with zero attached hydrogens (tertiary/aromatic N) is 2. The third kappa shape index (κ3) is 1.64. The Morgan fingerprint density at radius 3 is 1.43 bits per heavy atom. The van der Waals surface area contributed by atoms with Crippen molar-refractivity contribution >= 4 is 0 Å². The molecule has 0 saturated carbocycles. The van der Waals surface area contributed by atoms with E-state index in [9.17, 15) is 0 Å². The van der Waals surface area contributed by atoms with Crippen LogP contribution >= 0.6 is 0 Å². The molecule has 2 rings (SSSR count). The SMILES string of the molecule is Oc1ccc(-c2ccc(O)nc2)cn1. The largest absolute Gasteiger partial charge is 0.493 e. The van der Waals surface area contributed by atoms with Crippen molar-refractivity contribution in [2.24, 2.45) is 0 Å². The monoisotopic (exact) mass is 188 g/mol. The van der Waals surface area contributed by atoms with E-state index < -0.39 is 0 Å². The van der Waals surface area contributed by atoms with E-state index in [0.717, 1.165) is 11.1 Å². The molecule has 0 aliphatic rings. The number of aromatic nitrogens is 2. The van der Waals surface area contributed by atoms with E-state index in [1.807, 2.05) is 0 Å². The lowest BCUT2D eigenvalue weighted by Gasteiger charge is -2.00. The van der Waals surface area contributed by atoms with Gasteiger partial charge in [0.25, 0.3) is 0 Å². The lowest BCUT2D eigenvalue weighted by atomic mass is 10.1. The van der Waals surface area contributed by atoms with Gasteiger partial charge < -0.3 is 10.2 Å². The van der Waals surface area contributed by atoms with Crippen LogP contribution in [-0.2, 0) is 0 Å². The van der Waals surface area contributed by atoms with Gasteiger partial charge in [-0.1, -0.05) is 0 Å². The van der Waals surface area contributed by atoms with Crippen LogP contribution in [-0.4, -0.2) is 20.2 Å². The van der Waals surface area contributed by atoms with Crippen molar-refractivity contribution in [2.45, 2.75) is 0 Å². The van der Waals surface area contributed by atoms with Crippen molar-refractivity contribution in [3.8, 4) is 22.9 Å². The van der Waals surface area contributed by atoms with Crippen molar-refractivity contribution in [3.05, 3.63) is 36.7 Å². The number of hydrogen-bond acceptors (Lipinski definition) is 4. The molecule has 4 nitrogen and oxygen atoms in total. The molecule has 2 aromatic rings. The van der Waals surface area contributed by atoms with Crippen LogP contribution in [0.15, 0.2) is 36.7 Å². The predicted octanol–water partition coefficient (Wildman–Crippen LogP) is 1.55. The van der Waals surface area contributed by atoms with Crippen LogP contribution in [0.25, 0.3) is 11.1 Å². The molecule has 0 unspecified atom stereocenters. The van der Waals surface area contributed by atoms with Gasteiger partial charge >= 0.3 is 0 Å². The average molecular weight is 188 g/mol. The first-order valence-electron chi connectivity index (χ1n) is 4.06. The molecular weight excluding hydrogens is 180 g/mol. The quantitative estimate of drug-likeness (QED) is 0.712. The zero-order chi connectivity index (χ0) is 9.97. The van der Waals surface area contributed by atoms with Crippen LogP contribution in [0, 0.1) is 0 Å². The second kappa shape index (κ2) is 3.33. The smallest absolute Gasteiger partial charge is 0.210 e. The van der Waals surface area contributed by atoms with Gasteiger partial charge in [0.15, 0.2) is 0 Å². The van der Waals surface area contributed by atoms with Crippen molar-refractivity contribution in [1.29, 1.82) is 0 Å². The summed E-state index contributed by atoms with van der Waals surface area (Å²) < 4.78 is 0. The van der Waals surface area contributed by atoms with E-state index in [4.69, 9.17) is 10.2 Å². The Labute approximate surface area is 80.5 Å². The molecule has 0 aliphatic carbocycles. The molecule has 2 N–H and O–H groups in total. The summed E-state index contributed by atoms with van der Waals surface area (Å²) in [6, 6.07) is 6.47. The minimum atomic E-state index is -0.0134. The zero-order valence-corrected chi connectivity index (χ0v) is 7.25. The van der Waals surface area contributed by atoms with E-state index in [2.05, 4.69) is 9.97 Å². The molecule has 0 amide bonds. The zero-order valence-electron chi connectivity index (χ0n) is 7.25. The third-order valence-corrected chi connectivity index (χ3v) is 1.83. The first-order chi connectivity index (χ1) is 6.75. The van der Waals surface area contributed by atoms with Crippen LogP contribution in [0.2, 0.25) is 0 Å². The van der Waals surface area contributed by atoms with Gasteiger partial charge in [-0.25, -0.2) is 9.97 Å². The molecule has 0 spiro atoms. The Kier molecular flexibility index (Phi) is 2.02. The van der Waals surface area contributed by atoms with Gasteiger partial charge in [-0.2, -0.15) is 0 Å². The summed E-state index contributed by atoms with van der Waals surface area (Å²) in [5, 5.41) is 18.0. The average Bonchev–Trinajstić information content (AvgIpc) is 2.21. The normalized spacial score (nSPS) is 10.0. The molecule has 0 saturated heterocycles. The molecule has 14 heavy (non-hydrogen) atoms. The number of rotatable bonds is 1. The molecule has 0 fully saturated rings. The van der Waals surface area contributed by atoms with Crippen LogP contribution in [0.3, 0.4) is 0 Å². The van der Waals surface area contributed by atoms with Gasteiger partial charge in [0.05, 0.1) is 0 Å². The highest BCUT2D eigenvalue weighted by molar-refractivity contribution is 5.61. The minimum Gasteiger partial charge on any atom is -0.493 e. The summed E-state index contributed by atoms with van der Waals surface area (Å²) in [6.07, 6.45) is 3.09. The van der Waals surface area contributed by atoms with Gasteiger partial charge in [-0.3, -0.25) is 0 Å². The maximum absolute atomic E-state index is 8.98. The number of hydrogen-bond donors (Lipinski definition) is 2. The maximum atomic E-state index is 8.98. The van der Waals surface area contributed by atoms with E-state index in [1.165, 1.54) is 12.1 Å². The Hall–Kier alpha value is -2.10. The van der Waals surface area contributed by atoms with Gasteiger partial charge in [0, 0.05) is 35.7 Å². The standard InChI is InChI=1S/C10H8N2O2/c13-9-3-1-7(5-11-9)8-2-4-10(14)12-6-8/h1-6H,(H,11,13)(H,12,14). The second-order valence-corrected chi connectivity index (χ2v) is 2.81. The summed E-state index contributed by atoms with van der Waals surface area (Å²) in [4.78, 5) is 7.49. The minimum absolute atomic E-state index is 0.0134. The van der Waals surface area contributed by atoms with Crippen LogP contribution in [0.4, 0.5) is 0 Å². The molecule has 2 aromatic heterocycles. The fourth-order valence-electron chi connectivity index (χ4n) is 1.11. The Morgan fingerprint density at radius 2 is 1.14 bits per heavy atom. The molecular formula is C10H8N2O2. The maximum Gasteiger partial charge on any atom is 0.210 e. The fourth-order valence-corrected chi connectivity index (χ4v) is 1.11. The van der Waals surface area contributed by atoms with E-state index >= 15 is 0 Å². The predicted molar refractivity (Wildman–Crippen MR) is 50.8 cm³/mol. The molecule has 0 aromatic carbocycles. The van der Waals surface area contributed by atoms with Crippen molar-refractivity contribution in [2.75, 3.05) is 0 Å². The molecule has 4 heteroatoms. The molecule has 0 atom stereocenters. The van der Waals surface area contributed by atoms with Gasteiger partial charge in [0.1, 0.15) is 0 Å². The Balaban J connectivity index is 2.40. The summed E-state index contributed by atoms with van der Waals surface area (Å²) >= 11 is 0. The van der Waals surface area contributed by atoms with E-state index in [-0.39, 0.29) is 11.8 Å². The third-order valence-electron chi connectivity index (χ3n) is 1.83. The topological polar surface area (TPSA) is 66.2 Å². The first-order valence-corrected chi connectivity index (χ1v) is 4.06. The second-order valence-electron chi connectivity index (χ2n) is 2.81. The highest BCUT2D eigenvalue weighted by Crippen LogP contribution is 2.20. The lowest BCUT2D eigenvalue weighted by Crippen LogP contribution is -1.81. The van der Waals surface area contributed by atoms with Gasteiger partial charge in [-0.15, -0.1) is 0 Å². The molecule has 70 valence electrons. The summed E-state index contributed by atoms with van der Waals surface area (Å²) in [5.74, 6) is -0.0269.